The maximum atomic E-state index is 14.6. The van der Waals surface area contributed by atoms with E-state index >= 15 is 0 Å². The minimum atomic E-state index is -5.06. The summed E-state index contributed by atoms with van der Waals surface area (Å²) in [6, 6.07) is 4.02. The lowest BCUT2D eigenvalue weighted by Crippen LogP contribution is -2.19. The van der Waals surface area contributed by atoms with E-state index in [1.54, 1.807) is 18.9 Å². The van der Waals surface area contributed by atoms with E-state index < -0.39 is 35.0 Å². The third-order valence-electron chi connectivity index (χ3n) is 5.33. The molecule has 1 aromatic carbocycles. The summed E-state index contributed by atoms with van der Waals surface area (Å²) in [5.41, 5.74) is -1.77. The summed E-state index contributed by atoms with van der Waals surface area (Å²) >= 11 is 7.81. The Hall–Kier alpha value is -1.62. The van der Waals surface area contributed by atoms with E-state index in [9.17, 15) is 26.3 Å². The molecule has 1 heterocycles. The molecule has 0 N–H and O–H groups in total. The molecule has 11 heteroatoms. The first-order valence-electron chi connectivity index (χ1n) is 10.7. The van der Waals surface area contributed by atoms with Crippen LogP contribution in [-0.2, 0) is 20.3 Å². The Morgan fingerprint density at radius 1 is 1.14 bits per heavy atom. The van der Waals surface area contributed by atoms with Gasteiger partial charge in [-0.1, -0.05) is 30.8 Å². The molecule has 196 valence electrons. The van der Waals surface area contributed by atoms with Crippen molar-refractivity contribution in [1.29, 1.82) is 0 Å². The van der Waals surface area contributed by atoms with E-state index in [2.05, 4.69) is 17.9 Å². The largest absolute Gasteiger partial charge is 0.429 e. The minimum Gasteiger partial charge on any atom is -0.429 e. The number of rotatable bonds is 12. The molecule has 1 fully saturated rings. The molecule has 3 nitrogen and oxygen atoms in total. The van der Waals surface area contributed by atoms with Crippen LogP contribution in [0.2, 0.25) is 5.02 Å². The monoisotopic (exact) mass is 544 g/mol. The molecule has 2 unspecified atom stereocenters. The van der Waals surface area contributed by atoms with Crippen molar-refractivity contribution in [2.45, 2.75) is 36.8 Å². The van der Waals surface area contributed by atoms with Gasteiger partial charge in [-0.05, 0) is 48.6 Å². The number of thioether (sulfide) groups is 1. The summed E-state index contributed by atoms with van der Waals surface area (Å²) in [6.45, 7) is 7.35. The number of halogens is 7. The fourth-order valence-electron chi connectivity index (χ4n) is 3.37. The zero-order valence-corrected chi connectivity index (χ0v) is 20.7. The molecule has 1 aliphatic heterocycles. The van der Waals surface area contributed by atoms with Gasteiger partial charge in [0.05, 0.1) is 29.4 Å². The first-order valence-corrected chi connectivity index (χ1v) is 12.2. The van der Waals surface area contributed by atoms with Gasteiger partial charge >= 0.3 is 12.3 Å². The van der Waals surface area contributed by atoms with Gasteiger partial charge in [0, 0.05) is 25.0 Å². The second kappa shape index (κ2) is 13.1. The van der Waals surface area contributed by atoms with Gasteiger partial charge in [-0.25, -0.2) is 4.39 Å². The van der Waals surface area contributed by atoms with Crippen LogP contribution in [-0.4, -0.2) is 38.9 Å². The van der Waals surface area contributed by atoms with Gasteiger partial charge in [0.2, 0.25) is 0 Å². The molecule has 2 atom stereocenters. The van der Waals surface area contributed by atoms with Gasteiger partial charge in [0.15, 0.2) is 0 Å². The fourth-order valence-corrected chi connectivity index (χ4v) is 5.15. The molecule has 0 bridgehead atoms. The van der Waals surface area contributed by atoms with E-state index in [1.165, 1.54) is 12.1 Å². The molecule has 1 saturated heterocycles. The lowest BCUT2D eigenvalue weighted by atomic mass is 9.97. The maximum Gasteiger partial charge on any atom is 0.428 e. The Bertz CT molecular complexity index is 911. The Labute approximate surface area is 210 Å². The van der Waals surface area contributed by atoms with Gasteiger partial charge in [-0.2, -0.15) is 33.7 Å². The molecule has 0 amide bonds. The second-order valence-corrected chi connectivity index (χ2v) is 9.60. The second-order valence-electron chi connectivity index (χ2n) is 7.95. The van der Waals surface area contributed by atoms with Crippen LogP contribution in [0.1, 0.15) is 35.6 Å². The zero-order valence-electron chi connectivity index (χ0n) is 19.1. The highest BCUT2D eigenvalue weighted by Gasteiger charge is 2.39. The molecule has 0 aliphatic carbocycles. The van der Waals surface area contributed by atoms with Crippen molar-refractivity contribution in [2.24, 2.45) is 5.92 Å². The first kappa shape index (κ1) is 29.6. The van der Waals surface area contributed by atoms with E-state index in [4.69, 9.17) is 21.1 Å². The average Bonchev–Trinajstić information content (AvgIpc) is 2.77. The summed E-state index contributed by atoms with van der Waals surface area (Å²) in [5.74, 6) is -1.50. The number of allylic oxidation sites excluding steroid dienone is 3. The number of hydrogen-bond donors (Lipinski definition) is 0. The topological polar surface area (TPSA) is 27.7 Å². The van der Waals surface area contributed by atoms with Crippen LogP contribution in [0.5, 0.6) is 0 Å². The molecule has 0 spiro atoms. The number of alkyl halides is 5. The smallest absolute Gasteiger partial charge is 0.428 e. The van der Waals surface area contributed by atoms with Crippen molar-refractivity contribution in [3.63, 3.8) is 0 Å². The highest BCUT2D eigenvalue weighted by atomic mass is 35.5. The van der Waals surface area contributed by atoms with Gasteiger partial charge in [0.1, 0.15) is 11.6 Å². The van der Waals surface area contributed by atoms with Gasteiger partial charge < -0.3 is 14.2 Å². The van der Waals surface area contributed by atoms with Crippen LogP contribution in [0.15, 0.2) is 54.6 Å². The highest BCUT2D eigenvalue weighted by Crippen LogP contribution is 2.44. The lowest BCUT2D eigenvalue weighted by molar-refractivity contribution is -0.220. The number of benzene rings is 1. The maximum absolute atomic E-state index is 14.6. The zero-order chi connectivity index (χ0) is 26.2. The third kappa shape index (κ3) is 9.08. The van der Waals surface area contributed by atoms with Crippen LogP contribution in [0.3, 0.4) is 0 Å². The van der Waals surface area contributed by atoms with E-state index in [1.807, 2.05) is 0 Å². The van der Waals surface area contributed by atoms with Crippen molar-refractivity contribution in [3.8, 4) is 0 Å². The van der Waals surface area contributed by atoms with Crippen molar-refractivity contribution in [3.05, 3.63) is 70.7 Å². The summed E-state index contributed by atoms with van der Waals surface area (Å²) in [7, 11) is 1.61. The summed E-state index contributed by atoms with van der Waals surface area (Å²) in [4.78, 5) is 0. The number of ether oxygens (including phenoxy) is 3. The molecule has 0 radical (unpaired) electrons. The molecule has 35 heavy (non-hydrogen) atoms. The molecular formula is C24H27ClF6O3S. The molecule has 1 aromatic rings. The fraction of sp³-hybridized carbons (Fsp3) is 0.500. The highest BCUT2D eigenvalue weighted by molar-refractivity contribution is 7.99. The van der Waals surface area contributed by atoms with Crippen molar-refractivity contribution < 1.29 is 40.6 Å². The number of hydrogen-bond acceptors (Lipinski definition) is 4. The van der Waals surface area contributed by atoms with E-state index in [-0.39, 0.29) is 16.3 Å². The van der Waals surface area contributed by atoms with E-state index in [0.717, 1.165) is 36.6 Å². The SMILES string of the molecule is C=C(/C=C(/F)C(=C)C(F)(F)F)OC(F)(F)c1ccc(C2CCC(CCOCCOC)CS2)cc1Cl. The Kier molecular flexibility index (Phi) is 11.1. The molecule has 0 saturated carbocycles. The standard InChI is InChI=1S/C24H27ClF6O3S/c1-15(12-21(26)16(2)23(27,28)29)34-24(30,31)19-6-5-18(13-20(19)25)22-7-4-17(14-35-22)8-9-33-11-10-32-3/h5-6,12-13,17,22H,1-2,4,7-11,14H2,3H3/b21-12+. The molecule has 0 aromatic heterocycles. The predicted molar refractivity (Wildman–Crippen MR) is 125 cm³/mol. The van der Waals surface area contributed by atoms with Gasteiger partial charge in [-0.3, -0.25) is 0 Å². The van der Waals surface area contributed by atoms with Crippen LogP contribution in [0.4, 0.5) is 26.3 Å². The van der Waals surface area contributed by atoms with Crippen molar-refractivity contribution >= 4 is 23.4 Å². The van der Waals surface area contributed by atoms with Crippen LogP contribution in [0.25, 0.3) is 0 Å². The first-order chi connectivity index (χ1) is 16.3. The van der Waals surface area contributed by atoms with E-state index in [0.29, 0.717) is 25.7 Å². The Balaban J connectivity index is 1.96. The van der Waals surface area contributed by atoms with Crippen molar-refractivity contribution in [2.75, 3.05) is 32.7 Å². The summed E-state index contributed by atoms with van der Waals surface area (Å²) < 4.78 is 95.0. The lowest BCUT2D eigenvalue weighted by Gasteiger charge is -2.29. The van der Waals surface area contributed by atoms with Crippen LogP contribution < -0.4 is 0 Å². The van der Waals surface area contributed by atoms with Gasteiger partial charge in [-0.15, -0.1) is 0 Å². The summed E-state index contributed by atoms with van der Waals surface area (Å²) in [6.07, 6.45) is -6.26. The number of methoxy groups -OCH3 is 1. The predicted octanol–water partition coefficient (Wildman–Crippen LogP) is 8.13. The Morgan fingerprint density at radius 2 is 1.86 bits per heavy atom. The third-order valence-corrected chi connectivity index (χ3v) is 7.22. The Morgan fingerprint density at radius 3 is 2.43 bits per heavy atom. The molecule has 2 rings (SSSR count). The summed E-state index contributed by atoms with van der Waals surface area (Å²) in [5, 5.41) is -0.194. The average molecular weight is 545 g/mol. The van der Waals surface area contributed by atoms with Crippen LogP contribution >= 0.6 is 23.4 Å². The normalized spacial score (nSPS) is 19.5. The quantitative estimate of drug-likeness (QED) is 0.115. The molecule has 1 aliphatic rings. The van der Waals surface area contributed by atoms with Crippen molar-refractivity contribution in [1.82, 2.24) is 0 Å². The van der Waals surface area contributed by atoms with Crippen LogP contribution in [0, 0.1) is 5.92 Å². The molecular weight excluding hydrogens is 518 g/mol. The minimum absolute atomic E-state index is 0.0853. The van der Waals surface area contributed by atoms with Gasteiger partial charge in [0.25, 0.3) is 0 Å².